The number of carbonyl (C=O) groups excluding carboxylic acids is 2. The van der Waals surface area contributed by atoms with Crippen LogP contribution in [0, 0.1) is 0 Å². The molecule has 1 unspecified atom stereocenters. The number of esters is 1. The number of likely N-dealkylation sites (N-methyl/N-ethyl adjacent to an activating group) is 2. The van der Waals surface area contributed by atoms with Gasteiger partial charge in [0.1, 0.15) is 12.3 Å². The highest BCUT2D eigenvalue weighted by Crippen LogP contribution is 2.48. The Labute approximate surface area is 267 Å². The van der Waals surface area contributed by atoms with Crippen molar-refractivity contribution in [3.8, 4) is 5.75 Å². The Morgan fingerprint density at radius 2 is 1.73 bits per heavy atom. The number of ether oxygens (including phenoxy) is 2. The summed E-state index contributed by atoms with van der Waals surface area (Å²) in [5.74, 6) is 0.0859. The Morgan fingerprint density at radius 3 is 2.38 bits per heavy atom. The summed E-state index contributed by atoms with van der Waals surface area (Å²) in [7, 11) is 5.57. The van der Waals surface area contributed by atoms with Gasteiger partial charge in [-0.1, -0.05) is 53.5 Å². The average Bonchev–Trinajstić information content (AvgIpc) is 3.02. The minimum absolute atomic E-state index is 0. The van der Waals surface area contributed by atoms with E-state index in [4.69, 9.17) is 32.7 Å². The molecule has 3 atom stereocenters. The molecular weight excluding hydrogens is 682 g/mol. The number of quaternary nitrogens is 1. The van der Waals surface area contributed by atoms with E-state index in [0.29, 0.717) is 23.1 Å². The van der Waals surface area contributed by atoms with Crippen LogP contribution in [0.1, 0.15) is 23.3 Å². The zero-order chi connectivity index (χ0) is 28.2. The third-order valence-electron chi connectivity index (χ3n) is 7.09. The van der Waals surface area contributed by atoms with Crippen LogP contribution in [0.15, 0.2) is 71.6 Å². The number of amides is 1. The third kappa shape index (κ3) is 7.52. The van der Waals surface area contributed by atoms with E-state index in [0.717, 1.165) is 40.4 Å². The summed E-state index contributed by atoms with van der Waals surface area (Å²) in [6, 6.07) is 21.2. The number of benzene rings is 3. The van der Waals surface area contributed by atoms with Crippen LogP contribution in [-0.2, 0) is 20.7 Å². The Hall–Kier alpha value is -1.82. The molecule has 0 saturated carbocycles. The minimum atomic E-state index is -0.959. The van der Waals surface area contributed by atoms with Crippen molar-refractivity contribution in [2.75, 3.05) is 40.8 Å². The van der Waals surface area contributed by atoms with Gasteiger partial charge in [0.15, 0.2) is 5.69 Å². The fourth-order valence-electron chi connectivity index (χ4n) is 4.75. The number of halogens is 3. The van der Waals surface area contributed by atoms with Gasteiger partial charge in [-0.2, -0.15) is 0 Å². The third-order valence-corrected chi connectivity index (χ3v) is 9.20. The molecule has 0 N–H and O–H groups in total. The number of fused-ring (bicyclic) bond motifs is 1. The van der Waals surface area contributed by atoms with Crippen LogP contribution in [0.25, 0.3) is 0 Å². The molecule has 1 aliphatic rings. The highest BCUT2D eigenvalue weighted by Gasteiger charge is 2.50. The molecule has 0 radical (unpaired) electrons. The lowest BCUT2D eigenvalue weighted by molar-refractivity contribution is -0.157. The molecule has 10 heteroatoms. The normalized spacial score (nSPS) is 20.3. The lowest BCUT2D eigenvalue weighted by Crippen LogP contribution is -3.00. The van der Waals surface area contributed by atoms with Crippen molar-refractivity contribution in [3.05, 3.63) is 87.9 Å². The second-order valence-electron chi connectivity index (χ2n) is 9.86. The van der Waals surface area contributed by atoms with Crippen LogP contribution < -0.4 is 33.2 Å². The number of hydrogen-bond acceptors (Lipinski definition) is 6. The van der Waals surface area contributed by atoms with Gasteiger partial charge in [-0.25, -0.2) is 9.28 Å². The number of thioether (sulfide) groups is 1. The Bertz CT molecular complexity index is 1340. The summed E-state index contributed by atoms with van der Waals surface area (Å²) in [5, 5.41) is 0.681. The van der Waals surface area contributed by atoms with Gasteiger partial charge in [0.25, 0.3) is 0 Å². The number of nitrogens with zero attached hydrogens (tertiary/aromatic N) is 2. The van der Waals surface area contributed by atoms with Gasteiger partial charge in [0.2, 0.25) is 6.10 Å². The zero-order valence-corrected chi connectivity index (χ0v) is 27.4. The summed E-state index contributed by atoms with van der Waals surface area (Å²) in [5.41, 5.74) is 2.89. The van der Waals surface area contributed by atoms with Crippen molar-refractivity contribution < 1.29 is 43.0 Å². The molecule has 0 fully saturated rings. The van der Waals surface area contributed by atoms with Gasteiger partial charge in [0.05, 0.1) is 34.3 Å². The molecule has 40 heavy (non-hydrogen) atoms. The Morgan fingerprint density at radius 1 is 1.02 bits per heavy atom. The molecular formula is C30H33Cl2IN2O4S. The van der Waals surface area contributed by atoms with Gasteiger partial charge in [-0.05, 0) is 54.9 Å². The number of rotatable bonds is 9. The first kappa shape index (κ1) is 32.7. The molecule has 0 bridgehead atoms. The molecule has 3 aromatic carbocycles. The van der Waals surface area contributed by atoms with Gasteiger partial charge in [0, 0.05) is 26.1 Å². The van der Waals surface area contributed by atoms with Crippen molar-refractivity contribution in [2.45, 2.75) is 29.6 Å². The van der Waals surface area contributed by atoms with E-state index >= 15 is 0 Å². The molecule has 0 spiro atoms. The van der Waals surface area contributed by atoms with E-state index in [-0.39, 0.29) is 34.4 Å². The Kier molecular flexibility index (Phi) is 11.8. The van der Waals surface area contributed by atoms with Gasteiger partial charge in [-0.15, -0.1) is 11.8 Å². The van der Waals surface area contributed by atoms with Crippen LogP contribution in [-0.4, -0.2) is 63.7 Å². The smallest absolute Gasteiger partial charge is 0.361 e. The molecule has 1 heterocycles. The minimum Gasteiger partial charge on any atom is -1.00 e. The fraction of sp³-hybridized carbons (Fsp3) is 0.333. The first-order chi connectivity index (χ1) is 18.6. The lowest BCUT2D eigenvalue weighted by atomic mass is 10.0. The largest absolute Gasteiger partial charge is 1.00 e. The fourth-order valence-corrected chi connectivity index (χ4v) is 6.48. The number of hydrogen-bond donors (Lipinski definition) is 0. The van der Waals surface area contributed by atoms with Crippen molar-refractivity contribution in [3.63, 3.8) is 0 Å². The molecule has 1 aliphatic heterocycles. The number of para-hydroxylation sites is 1. The van der Waals surface area contributed by atoms with Gasteiger partial charge >= 0.3 is 11.9 Å². The van der Waals surface area contributed by atoms with Crippen LogP contribution in [0.5, 0.6) is 5.75 Å². The summed E-state index contributed by atoms with van der Waals surface area (Å²) in [6.45, 7) is 3.30. The Balaban J connectivity index is 0.00000441. The van der Waals surface area contributed by atoms with Crippen molar-refractivity contribution in [2.24, 2.45) is 0 Å². The maximum absolute atomic E-state index is 14.3. The molecule has 0 aromatic heterocycles. The van der Waals surface area contributed by atoms with E-state index in [1.807, 2.05) is 80.8 Å². The second-order valence-corrected chi connectivity index (χ2v) is 11.9. The SMILES string of the molecule is COc1ccc([C@H]2Sc3ccccc3[N+](C)(CCN(C)CCc3ccc(Cl)c(Cl)c3)C(=O)[C@H]2OC(C)=O)cc1.[I-]. The monoisotopic (exact) mass is 714 g/mol. The number of methoxy groups -OCH3 is 1. The van der Waals surface area contributed by atoms with Crippen LogP contribution in [0.4, 0.5) is 5.69 Å². The summed E-state index contributed by atoms with van der Waals surface area (Å²) in [4.78, 5) is 29.8. The van der Waals surface area contributed by atoms with Crippen molar-refractivity contribution in [1.82, 2.24) is 9.38 Å². The molecule has 4 rings (SSSR count). The lowest BCUT2D eigenvalue weighted by Gasteiger charge is -2.34. The molecule has 3 aromatic rings. The van der Waals surface area contributed by atoms with Crippen LogP contribution >= 0.6 is 35.0 Å². The van der Waals surface area contributed by atoms with Gasteiger partial charge in [-0.3, -0.25) is 4.79 Å². The molecule has 214 valence electrons. The van der Waals surface area contributed by atoms with E-state index in [1.54, 1.807) is 18.9 Å². The van der Waals surface area contributed by atoms with Gasteiger partial charge < -0.3 is 38.4 Å². The van der Waals surface area contributed by atoms with E-state index in [2.05, 4.69) is 4.90 Å². The maximum atomic E-state index is 14.3. The standard InChI is InChI=1S/C30H33Cl2N2O4S.HI/c1-20(35)38-28-29(22-10-12-23(37-4)13-11-22)39-27-8-6-5-7-26(27)34(3,30(28)36)18-17-33(2)16-15-21-9-14-24(31)25(32)19-21;/h5-14,19,28-29H,15-18H2,1-4H3;1H/q+1;/p-1/t28-,29+,34?;/m0./s1. The summed E-state index contributed by atoms with van der Waals surface area (Å²) >= 11 is 13.8. The zero-order valence-electron chi connectivity index (χ0n) is 22.9. The second kappa shape index (κ2) is 14.4. The molecule has 1 amide bonds. The highest BCUT2D eigenvalue weighted by atomic mass is 127. The van der Waals surface area contributed by atoms with E-state index in [9.17, 15) is 9.59 Å². The summed E-state index contributed by atoms with van der Waals surface area (Å²) in [6.07, 6.45) is -0.160. The predicted molar refractivity (Wildman–Crippen MR) is 159 cm³/mol. The molecule has 0 aliphatic carbocycles. The first-order valence-electron chi connectivity index (χ1n) is 12.7. The average molecular weight is 715 g/mol. The van der Waals surface area contributed by atoms with E-state index < -0.39 is 17.3 Å². The summed E-state index contributed by atoms with van der Waals surface area (Å²) < 4.78 is 11.1. The van der Waals surface area contributed by atoms with Crippen molar-refractivity contribution in [1.29, 1.82) is 0 Å². The topological polar surface area (TPSA) is 55.8 Å². The number of carbonyl (C=O) groups is 2. The highest BCUT2D eigenvalue weighted by molar-refractivity contribution is 7.99. The van der Waals surface area contributed by atoms with Crippen LogP contribution in [0.2, 0.25) is 10.0 Å². The van der Waals surface area contributed by atoms with E-state index in [1.165, 1.54) is 6.92 Å². The van der Waals surface area contributed by atoms with Crippen LogP contribution in [0.3, 0.4) is 0 Å². The molecule has 6 nitrogen and oxygen atoms in total. The quantitative estimate of drug-likeness (QED) is 0.193. The maximum Gasteiger partial charge on any atom is 0.361 e. The van der Waals surface area contributed by atoms with Crippen molar-refractivity contribution >= 4 is 52.5 Å². The first-order valence-corrected chi connectivity index (χ1v) is 14.4. The predicted octanol–water partition coefficient (Wildman–Crippen LogP) is 3.42. The molecule has 0 saturated heterocycles.